The minimum absolute atomic E-state index is 0.0509. The second kappa shape index (κ2) is 3.76. The van der Waals surface area contributed by atoms with Gasteiger partial charge in [-0.1, -0.05) is 5.21 Å². The zero-order valence-corrected chi connectivity index (χ0v) is 9.58. The highest BCUT2D eigenvalue weighted by atomic mass is 32.1. The summed E-state index contributed by atoms with van der Waals surface area (Å²) in [4.78, 5) is 4.10. The lowest BCUT2D eigenvalue weighted by Gasteiger charge is -1.94. The van der Waals surface area contributed by atoms with Crippen molar-refractivity contribution in [3.63, 3.8) is 0 Å². The van der Waals surface area contributed by atoms with E-state index in [0.29, 0.717) is 16.5 Å². The van der Waals surface area contributed by atoms with Gasteiger partial charge in [-0.05, 0) is 0 Å². The van der Waals surface area contributed by atoms with Crippen LogP contribution >= 0.6 is 11.3 Å². The summed E-state index contributed by atoms with van der Waals surface area (Å²) < 4.78 is 1.57. The van der Waals surface area contributed by atoms with E-state index in [1.54, 1.807) is 16.3 Å². The molecule has 0 amide bonds. The Bertz CT molecular complexity index is 539. The van der Waals surface area contributed by atoms with E-state index in [9.17, 15) is 5.11 Å². The van der Waals surface area contributed by atoms with Gasteiger partial charge in [0.15, 0.2) is 5.13 Å². The van der Waals surface area contributed by atoms with Gasteiger partial charge in [-0.25, -0.2) is 9.67 Å². The Balaban J connectivity index is 1.84. The first-order valence-electron chi connectivity index (χ1n) is 5.13. The number of anilines is 1. The van der Waals surface area contributed by atoms with Crippen LogP contribution < -0.4 is 5.73 Å². The SMILES string of the molecule is Nc1nc(-c2cn(C3C(O)C3CO)nn2)cs1. The number of aliphatic hydroxyl groups is 2. The van der Waals surface area contributed by atoms with Gasteiger partial charge in [0.1, 0.15) is 11.4 Å². The van der Waals surface area contributed by atoms with Gasteiger partial charge in [-0.3, -0.25) is 0 Å². The quantitative estimate of drug-likeness (QED) is 0.680. The van der Waals surface area contributed by atoms with Crippen LogP contribution in [-0.2, 0) is 0 Å². The minimum Gasteiger partial charge on any atom is -0.396 e. The molecule has 90 valence electrons. The number of nitrogens with zero attached hydrogens (tertiary/aromatic N) is 4. The van der Waals surface area contributed by atoms with Gasteiger partial charge in [0.2, 0.25) is 0 Å². The molecule has 0 spiro atoms. The Labute approximate surface area is 101 Å². The molecular weight excluding hydrogens is 242 g/mol. The zero-order chi connectivity index (χ0) is 12.0. The highest BCUT2D eigenvalue weighted by molar-refractivity contribution is 7.13. The molecule has 1 saturated carbocycles. The fourth-order valence-corrected chi connectivity index (χ4v) is 2.41. The van der Waals surface area contributed by atoms with Gasteiger partial charge in [0, 0.05) is 11.3 Å². The van der Waals surface area contributed by atoms with E-state index in [-0.39, 0.29) is 18.6 Å². The van der Waals surface area contributed by atoms with Gasteiger partial charge in [0.25, 0.3) is 0 Å². The normalized spacial score (nSPS) is 27.3. The van der Waals surface area contributed by atoms with Crippen molar-refractivity contribution >= 4 is 16.5 Å². The van der Waals surface area contributed by atoms with Crippen LogP contribution in [0.15, 0.2) is 11.6 Å². The lowest BCUT2D eigenvalue weighted by atomic mass is 10.4. The van der Waals surface area contributed by atoms with E-state index in [0.717, 1.165) is 0 Å². The van der Waals surface area contributed by atoms with Crippen molar-refractivity contribution in [2.45, 2.75) is 12.1 Å². The van der Waals surface area contributed by atoms with E-state index in [2.05, 4.69) is 15.3 Å². The smallest absolute Gasteiger partial charge is 0.180 e. The molecule has 3 atom stereocenters. The summed E-state index contributed by atoms with van der Waals surface area (Å²) in [5.41, 5.74) is 6.83. The molecule has 1 fully saturated rings. The number of aliphatic hydroxyl groups excluding tert-OH is 2. The van der Waals surface area contributed by atoms with Crippen molar-refractivity contribution in [2.24, 2.45) is 5.92 Å². The van der Waals surface area contributed by atoms with Crippen LogP contribution in [0.2, 0.25) is 0 Å². The maximum atomic E-state index is 9.54. The first-order valence-corrected chi connectivity index (χ1v) is 6.01. The molecule has 2 aromatic heterocycles. The van der Waals surface area contributed by atoms with E-state index in [4.69, 9.17) is 10.8 Å². The lowest BCUT2D eigenvalue weighted by molar-refractivity contribution is 0.209. The number of thiazole rings is 1. The average molecular weight is 253 g/mol. The zero-order valence-electron chi connectivity index (χ0n) is 8.76. The van der Waals surface area contributed by atoms with Crippen molar-refractivity contribution in [2.75, 3.05) is 12.3 Å². The van der Waals surface area contributed by atoms with Crippen molar-refractivity contribution in [3.05, 3.63) is 11.6 Å². The monoisotopic (exact) mass is 253 g/mol. The number of nitrogens with two attached hydrogens (primary N) is 1. The second-order valence-electron chi connectivity index (χ2n) is 3.98. The summed E-state index contributed by atoms with van der Waals surface area (Å²) in [5, 5.41) is 28.7. The van der Waals surface area contributed by atoms with Crippen molar-refractivity contribution in [3.8, 4) is 11.4 Å². The van der Waals surface area contributed by atoms with Gasteiger partial charge < -0.3 is 15.9 Å². The van der Waals surface area contributed by atoms with Crippen LogP contribution in [0.25, 0.3) is 11.4 Å². The molecule has 4 N–H and O–H groups in total. The maximum Gasteiger partial charge on any atom is 0.180 e. The molecule has 1 aliphatic carbocycles. The minimum atomic E-state index is -0.546. The van der Waals surface area contributed by atoms with Gasteiger partial charge >= 0.3 is 0 Å². The Morgan fingerprint density at radius 1 is 1.47 bits per heavy atom. The second-order valence-corrected chi connectivity index (χ2v) is 4.87. The fourth-order valence-electron chi connectivity index (χ4n) is 1.85. The molecular formula is C9H11N5O2S. The van der Waals surface area contributed by atoms with E-state index < -0.39 is 6.10 Å². The summed E-state index contributed by atoms with van der Waals surface area (Å²) in [5.74, 6) is -0.148. The number of aromatic nitrogens is 4. The lowest BCUT2D eigenvalue weighted by Crippen LogP contribution is -1.99. The van der Waals surface area contributed by atoms with Crippen molar-refractivity contribution < 1.29 is 10.2 Å². The van der Waals surface area contributed by atoms with Crippen LogP contribution in [0.4, 0.5) is 5.13 Å². The predicted octanol–water partition coefficient (Wildman–Crippen LogP) is -0.492. The molecule has 2 aromatic rings. The maximum absolute atomic E-state index is 9.54. The molecule has 0 bridgehead atoms. The molecule has 0 radical (unpaired) electrons. The largest absolute Gasteiger partial charge is 0.396 e. The molecule has 0 aliphatic heterocycles. The van der Waals surface area contributed by atoms with Gasteiger partial charge in [-0.15, -0.1) is 16.4 Å². The van der Waals surface area contributed by atoms with Crippen molar-refractivity contribution in [1.29, 1.82) is 0 Å². The molecule has 3 rings (SSSR count). The third kappa shape index (κ3) is 1.70. The Kier molecular flexibility index (Phi) is 2.35. The van der Waals surface area contributed by atoms with Crippen molar-refractivity contribution in [1.82, 2.24) is 20.0 Å². The van der Waals surface area contributed by atoms with Gasteiger partial charge in [-0.2, -0.15) is 0 Å². The number of nitrogen functional groups attached to an aromatic ring is 1. The summed E-state index contributed by atoms with van der Waals surface area (Å²) in [6.07, 6.45) is 1.16. The van der Waals surface area contributed by atoms with Crippen LogP contribution in [0.5, 0.6) is 0 Å². The third-order valence-electron chi connectivity index (χ3n) is 2.90. The molecule has 7 nitrogen and oxygen atoms in total. The number of hydrogen-bond acceptors (Lipinski definition) is 7. The Morgan fingerprint density at radius 2 is 2.29 bits per heavy atom. The summed E-state index contributed by atoms with van der Waals surface area (Å²) in [6, 6.07) is -0.183. The number of rotatable bonds is 3. The fraction of sp³-hybridized carbons (Fsp3) is 0.444. The van der Waals surface area contributed by atoms with Crippen LogP contribution in [0, 0.1) is 5.92 Å². The first-order chi connectivity index (χ1) is 8.20. The van der Waals surface area contributed by atoms with E-state index in [1.165, 1.54) is 11.3 Å². The van der Waals surface area contributed by atoms with E-state index in [1.807, 2.05) is 0 Å². The molecule has 0 saturated heterocycles. The average Bonchev–Trinajstić information content (AvgIpc) is 2.76. The Morgan fingerprint density at radius 3 is 2.88 bits per heavy atom. The Hall–Kier alpha value is -1.51. The van der Waals surface area contributed by atoms with Gasteiger partial charge in [0.05, 0.1) is 24.9 Å². The molecule has 2 heterocycles. The third-order valence-corrected chi connectivity index (χ3v) is 3.57. The molecule has 3 unspecified atom stereocenters. The highest BCUT2D eigenvalue weighted by Crippen LogP contribution is 2.42. The first kappa shape index (κ1) is 10.6. The van der Waals surface area contributed by atoms with Crippen LogP contribution in [0.1, 0.15) is 6.04 Å². The summed E-state index contributed by atoms with van der Waals surface area (Å²) >= 11 is 1.34. The molecule has 0 aromatic carbocycles. The van der Waals surface area contributed by atoms with Crippen LogP contribution in [0.3, 0.4) is 0 Å². The summed E-state index contributed by atoms with van der Waals surface area (Å²) in [6.45, 7) is -0.0509. The predicted molar refractivity (Wildman–Crippen MR) is 61.2 cm³/mol. The van der Waals surface area contributed by atoms with Crippen LogP contribution in [-0.4, -0.2) is 42.9 Å². The number of hydrogen-bond donors (Lipinski definition) is 3. The summed E-state index contributed by atoms with van der Waals surface area (Å²) in [7, 11) is 0. The highest BCUT2D eigenvalue weighted by Gasteiger charge is 2.51. The molecule has 8 heteroatoms. The standard InChI is InChI=1S/C9H11N5O2S/c10-9-11-6(3-17-9)5-1-14(13-12-5)7-4(2-15)8(7)16/h1,3-4,7-8,15-16H,2H2,(H2,10,11). The van der Waals surface area contributed by atoms with E-state index >= 15 is 0 Å². The topological polar surface area (TPSA) is 110 Å². The molecule has 1 aliphatic rings. The molecule has 17 heavy (non-hydrogen) atoms.